The van der Waals surface area contributed by atoms with Gasteiger partial charge in [0.25, 0.3) is 11.8 Å². The average molecular weight is 417 g/mol. The Balaban J connectivity index is 1.70. The summed E-state index contributed by atoms with van der Waals surface area (Å²) >= 11 is 0. The number of carbonyl (C=O) groups excluding carboxylic acids is 3. The highest BCUT2D eigenvalue weighted by Gasteiger charge is 2.39. The van der Waals surface area contributed by atoms with Crippen molar-refractivity contribution in [1.29, 1.82) is 0 Å². The maximum atomic E-state index is 13.3. The van der Waals surface area contributed by atoms with Gasteiger partial charge in [-0.25, -0.2) is 4.79 Å². The first-order valence-corrected chi connectivity index (χ1v) is 8.34. The Morgan fingerprint density at radius 3 is 2.20 bits per heavy atom. The number of carbonyl (C=O) groups is 3. The normalized spacial score (nSPS) is 13.5. The van der Waals surface area contributed by atoms with Crippen molar-refractivity contribution in [3.05, 3.63) is 70.5 Å². The number of rotatable bonds is 3. The lowest BCUT2D eigenvalue weighted by atomic mass is 10.1. The van der Waals surface area contributed by atoms with Gasteiger partial charge in [0.2, 0.25) is 0 Å². The number of tetrazole rings is 1. The molecule has 4 rings (SSSR count). The molecule has 0 atom stereocenters. The van der Waals surface area contributed by atoms with Crippen molar-refractivity contribution in [3.8, 4) is 5.69 Å². The molecule has 0 saturated heterocycles. The SMILES string of the molecule is Cc1nnnn1-c1cc(C(=O)ON2C(=O)c3ccccc3C2=O)cc(C(F)(F)F)c1. The van der Waals surface area contributed by atoms with Gasteiger partial charge in [0, 0.05) is 0 Å². The summed E-state index contributed by atoms with van der Waals surface area (Å²) in [7, 11) is 0. The van der Waals surface area contributed by atoms with Gasteiger partial charge in [-0.2, -0.15) is 17.9 Å². The molecular weight excluding hydrogens is 407 g/mol. The lowest BCUT2D eigenvalue weighted by Gasteiger charge is -2.15. The van der Waals surface area contributed by atoms with E-state index in [1.165, 1.54) is 31.2 Å². The molecule has 0 radical (unpaired) electrons. The molecule has 0 bridgehead atoms. The van der Waals surface area contributed by atoms with Gasteiger partial charge in [-0.05, 0) is 47.7 Å². The second-order valence-corrected chi connectivity index (χ2v) is 6.23. The Morgan fingerprint density at radius 1 is 1.03 bits per heavy atom. The molecular formula is C18H10F3N5O4. The quantitative estimate of drug-likeness (QED) is 0.602. The molecule has 0 fully saturated rings. The molecule has 0 spiro atoms. The molecule has 2 amide bonds. The predicted molar refractivity (Wildman–Crippen MR) is 91.3 cm³/mol. The van der Waals surface area contributed by atoms with Crippen molar-refractivity contribution < 1.29 is 32.4 Å². The van der Waals surface area contributed by atoms with Crippen LogP contribution in [0.3, 0.4) is 0 Å². The molecule has 2 heterocycles. The Bertz CT molecular complexity index is 1170. The molecule has 0 N–H and O–H groups in total. The minimum Gasteiger partial charge on any atom is -0.324 e. The second-order valence-electron chi connectivity index (χ2n) is 6.23. The number of benzene rings is 2. The summed E-state index contributed by atoms with van der Waals surface area (Å²) in [4.78, 5) is 42.0. The van der Waals surface area contributed by atoms with Crippen molar-refractivity contribution in [2.24, 2.45) is 0 Å². The van der Waals surface area contributed by atoms with E-state index in [0.717, 1.165) is 16.8 Å². The van der Waals surface area contributed by atoms with Gasteiger partial charge in [0.15, 0.2) is 5.82 Å². The second kappa shape index (κ2) is 6.76. The average Bonchev–Trinajstić information content (AvgIpc) is 3.24. The van der Waals surface area contributed by atoms with Gasteiger partial charge in [-0.1, -0.05) is 17.2 Å². The molecule has 3 aromatic rings. The van der Waals surface area contributed by atoms with E-state index in [-0.39, 0.29) is 27.7 Å². The highest BCUT2D eigenvalue weighted by molar-refractivity contribution is 6.21. The van der Waals surface area contributed by atoms with Crippen LogP contribution in [0.2, 0.25) is 0 Å². The van der Waals surface area contributed by atoms with Crippen molar-refractivity contribution in [3.63, 3.8) is 0 Å². The van der Waals surface area contributed by atoms with E-state index < -0.39 is 35.1 Å². The smallest absolute Gasteiger partial charge is 0.324 e. The van der Waals surface area contributed by atoms with E-state index in [2.05, 4.69) is 15.5 Å². The van der Waals surface area contributed by atoms with Crippen LogP contribution in [0.25, 0.3) is 5.69 Å². The molecule has 1 aromatic heterocycles. The minimum absolute atomic E-state index is 0.0179. The van der Waals surface area contributed by atoms with E-state index in [0.29, 0.717) is 6.07 Å². The number of hydrogen-bond acceptors (Lipinski definition) is 7. The lowest BCUT2D eigenvalue weighted by molar-refractivity contribution is -0.137. The van der Waals surface area contributed by atoms with Gasteiger partial charge in [0.05, 0.1) is 27.9 Å². The number of aryl methyl sites for hydroxylation is 1. The van der Waals surface area contributed by atoms with Gasteiger partial charge in [-0.15, -0.1) is 5.10 Å². The zero-order valence-corrected chi connectivity index (χ0v) is 15.0. The third kappa shape index (κ3) is 3.17. The number of alkyl halides is 3. The number of aromatic nitrogens is 4. The van der Waals surface area contributed by atoms with E-state index in [9.17, 15) is 27.6 Å². The molecule has 1 aliphatic heterocycles. The van der Waals surface area contributed by atoms with Crippen LogP contribution in [0.1, 0.15) is 42.5 Å². The molecule has 0 saturated carbocycles. The zero-order chi connectivity index (χ0) is 21.6. The maximum absolute atomic E-state index is 13.3. The number of hydroxylamine groups is 2. The Kier molecular flexibility index (Phi) is 4.33. The molecule has 1 aliphatic rings. The number of amides is 2. The molecule has 12 heteroatoms. The molecule has 30 heavy (non-hydrogen) atoms. The first-order valence-electron chi connectivity index (χ1n) is 8.34. The van der Waals surface area contributed by atoms with Crippen LogP contribution in [-0.2, 0) is 11.0 Å². The van der Waals surface area contributed by atoms with Crippen LogP contribution in [0.4, 0.5) is 13.2 Å². The fraction of sp³-hybridized carbons (Fsp3) is 0.111. The maximum Gasteiger partial charge on any atom is 0.416 e. The van der Waals surface area contributed by atoms with E-state index >= 15 is 0 Å². The first kappa shape index (κ1) is 19.2. The number of nitrogens with zero attached hydrogens (tertiary/aromatic N) is 5. The monoisotopic (exact) mass is 417 g/mol. The summed E-state index contributed by atoms with van der Waals surface area (Å²) in [5.41, 5.74) is -1.83. The van der Waals surface area contributed by atoms with Crippen molar-refractivity contribution in [1.82, 2.24) is 25.3 Å². The number of imide groups is 1. The summed E-state index contributed by atoms with van der Waals surface area (Å²) in [6.45, 7) is 1.46. The van der Waals surface area contributed by atoms with E-state index in [4.69, 9.17) is 4.84 Å². The van der Waals surface area contributed by atoms with Crippen molar-refractivity contribution >= 4 is 17.8 Å². The van der Waals surface area contributed by atoms with Crippen LogP contribution in [0.15, 0.2) is 42.5 Å². The van der Waals surface area contributed by atoms with Crippen molar-refractivity contribution in [2.75, 3.05) is 0 Å². The Labute approximate surface area is 165 Å². The largest absolute Gasteiger partial charge is 0.416 e. The molecule has 0 unspecified atom stereocenters. The van der Waals surface area contributed by atoms with Gasteiger partial charge in [-0.3, -0.25) is 9.59 Å². The van der Waals surface area contributed by atoms with Crippen LogP contribution in [0, 0.1) is 6.92 Å². The fourth-order valence-electron chi connectivity index (χ4n) is 2.87. The summed E-state index contributed by atoms with van der Waals surface area (Å²) in [6, 6.07) is 8.12. The number of fused-ring (bicyclic) bond motifs is 1. The molecule has 2 aromatic carbocycles. The minimum atomic E-state index is -4.79. The van der Waals surface area contributed by atoms with Crippen LogP contribution in [0.5, 0.6) is 0 Å². The third-order valence-corrected chi connectivity index (χ3v) is 4.28. The predicted octanol–water partition coefficient (Wildman–Crippen LogP) is 2.36. The van der Waals surface area contributed by atoms with E-state index in [1.807, 2.05) is 0 Å². The van der Waals surface area contributed by atoms with Gasteiger partial charge in [0.1, 0.15) is 0 Å². The van der Waals surface area contributed by atoms with Crippen LogP contribution < -0.4 is 0 Å². The highest BCUT2D eigenvalue weighted by atomic mass is 19.4. The summed E-state index contributed by atoms with van der Waals surface area (Å²) < 4.78 is 41.0. The third-order valence-electron chi connectivity index (χ3n) is 4.28. The number of hydrogen-bond donors (Lipinski definition) is 0. The topological polar surface area (TPSA) is 107 Å². The van der Waals surface area contributed by atoms with E-state index in [1.54, 1.807) is 0 Å². The Hall–Kier alpha value is -4.09. The molecule has 0 aliphatic carbocycles. The fourth-order valence-corrected chi connectivity index (χ4v) is 2.87. The first-order chi connectivity index (χ1) is 14.2. The lowest BCUT2D eigenvalue weighted by Crippen LogP contribution is -2.32. The molecule has 9 nitrogen and oxygen atoms in total. The summed E-state index contributed by atoms with van der Waals surface area (Å²) in [6.07, 6.45) is -4.79. The number of halogens is 3. The summed E-state index contributed by atoms with van der Waals surface area (Å²) in [5, 5.41) is 10.7. The highest BCUT2D eigenvalue weighted by Crippen LogP contribution is 2.32. The van der Waals surface area contributed by atoms with Crippen molar-refractivity contribution in [2.45, 2.75) is 13.1 Å². The Morgan fingerprint density at radius 2 is 1.67 bits per heavy atom. The summed E-state index contributed by atoms with van der Waals surface area (Å²) in [5.74, 6) is -2.95. The van der Waals surface area contributed by atoms with Gasteiger partial charge < -0.3 is 4.84 Å². The zero-order valence-electron chi connectivity index (χ0n) is 15.0. The standard InChI is InChI=1S/C18H10F3N5O4/c1-9-22-23-24-25(9)12-7-10(6-11(8-12)18(19,20)21)17(29)30-26-15(27)13-4-2-3-5-14(13)16(26)28/h2-8H,1H3. The van der Waals surface area contributed by atoms with Crippen LogP contribution >= 0.6 is 0 Å². The van der Waals surface area contributed by atoms with Gasteiger partial charge >= 0.3 is 12.1 Å². The molecule has 152 valence electrons. The van der Waals surface area contributed by atoms with Crippen LogP contribution in [-0.4, -0.2) is 43.1 Å².